The van der Waals surface area contributed by atoms with Crippen LogP contribution in [0.3, 0.4) is 0 Å². The van der Waals surface area contributed by atoms with E-state index in [1.807, 2.05) is 54.6 Å². The summed E-state index contributed by atoms with van der Waals surface area (Å²) in [5.74, 6) is -0.0192. The minimum absolute atomic E-state index is 0.0192. The van der Waals surface area contributed by atoms with E-state index in [0.29, 0.717) is 5.56 Å². The van der Waals surface area contributed by atoms with Gasteiger partial charge in [0.15, 0.2) is 0 Å². The third-order valence-corrected chi connectivity index (χ3v) is 3.67. The van der Waals surface area contributed by atoms with Gasteiger partial charge in [0, 0.05) is 9.13 Å². The number of halogens is 1. The molecule has 1 N–H and O–H groups in total. The van der Waals surface area contributed by atoms with Crippen LogP contribution in [0.2, 0.25) is 0 Å². The summed E-state index contributed by atoms with van der Waals surface area (Å²) in [5, 5.41) is 3.08. The molecule has 0 bridgehead atoms. The fraction of sp³-hybridized carbons (Fsp3) is 0.188. The van der Waals surface area contributed by atoms with Gasteiger partial charge in [0.1, 0.15) is 0 Å². The molecule has 1 amide bonds. The Bertz CT molecular complexity index is 554. The highest BCUT2D eigenvalue weighted by molar-refractivity contribution is 14.1. The molecule has 0 aromatic heterocycles. The Hall–Kier alpha value is -1.36. The first-order valence-corrected chi connectivity index (χ1v) is 7.40. The van der Waals surface area contributed by atoms with Crippen LogP contribution in [0, 0.1) is 3.57 Å². The van der Waals surface area contributed by atoms with Crippen molar-refractivity contribution in [3.63, 3.8) is 0 Å². The van der Waals surface area contributed by atoms with Crippen LogP contribution in [0.25, 0.3) is 0 Å². The lowest BCUT2D eigenvalue weighted by Gasteiger charge is -2.17. The highest BCUT2D eigenvalue weighted by atomic mass is 127. The minimum atomic E-state index is -0.0192. The van der Waals surface area contributed by atoms with E-state index >= 15 is 0 Å². The Kier molecular flexibility index (Phi) is 4.96. The minimum Gasteiger partial charge on any atom is -0.345 e. The molecule has 19 heavy (non-hydrogen) atoms. The largest absolute Gasteiger partial charge is 0.345 e. The molecule has 1 atom stereocenters. The van der Waals surface area contributed by atoms with Gasteiger partial charge in [-0.1, -0.05) is 43.3 Å². The third kappa shape index (κ3) is 3.80. The van der Waals surface area contributed by atoms with Crippen LogP contribution < -0.4 is 5.32 Å². The molecular formula is C16H16INO. The van der Waals surface area contributed by atoms with Crippen molar-refractivity contribution in [3.05, 3.63) is 69.3 Å². The molecule has 0 aliphatic carbocycles. The molecule has 2 aromatic carbocycles. The van der Waals surface area contributed by atoms with Gasteiger partial charge in [-0.3, -0.25) is 4.79 Å². The average Bonchev–Trinajstić information content (AvgIpc) is 2.45. The van der Waals surface area contributed by atoms with Crippen LogP contribution >= 0.6 is 22.6 Å². The van der Waals surface area contributed by atoms with Crippen LogP contribution in [0.4, 0.5) is 0 Å². The Balaban J connectivity index is 2.13. The summed E-state index contributed by atoms with van der Waals surface area (Å²) in [6.45, 7) is 2.08. The third-order valence-electron chi connectivity index (χ3n) is 3.00. The summed E-state index contributed by atoms with van der Waals surface area (Å²) in [4.78, 5) is 12.2. The number of nitrogens with one attached hydrogen (secondary N) is 1. The molecule has 0 saturated heterocycles. The number of hydrogen-bond acceptors (Lipinski definition) is 1. The molecule has 98 valence electrons. The van der Waals surface area contributed by atoms with E-state index in [1.165, 1.54) is 0 Å². The van der Waals surface area contributed by atoms with Gasteiger partial charge in [-0.25, -0.2) is 0 Å². The first-order chi connectivity index (χ1) is 9.20. The van der Waals surface area contributed by atoms with Gasteiger partial charge in [0.05, 0.1) is 6.04 Å². The van der Waals surface area contributed by atoms with Crippen molar-refractivity contribution >= 4 is 28.5 Å². The SMILES string of the molecule is CC[C@H](NC(=O)c1cccc(I)c1)c1ccccc1. The Morgan fingerprint density at radius 1 is 1.16 bits per heavy atom. The summed E-state index contributed by atoms with van der Waals surface area (Å²) in [5.41, 5.74) is 1.85. The first-order valence-electron chi connectivity index (χ1n) is 6.32. The number of benzene rings is 2. The van der Waals surface area contributed by atoms with Gasteiger partial charge in [-0.15, -0.1) is 0 Å². The molecule has 0 unspecified atom stereocenters. The molecule has 0 heterocycles. The number of rotatable bonds is 4. The molecular weight excluding hydrogens is 349 g/mol. The zero-order valence-electron chi connectivity index (χ0n) is 10.8. The zero-order chi connectivity index (χ0) is 13.7. The van der Waals surface area contributed by atoms with Crippen LogP contribution in [-0.4, -0.2) is 5.91 Å². The summed E-state index contributed by atoms with van der Waals surface area (Å²) in [6.07, 6.45) is 0.875. The molecule has 0 spiro atoms. The highest BCUT2D eigenvalue weighted by Crippen LogP contribution is 2.17. The highest BCUT2D eigenvalue weighted by Gasteiger charge is 2.13. The van der Waals surface area contributed by atoms with Gasteiger partial charge in [0.25, 0.3) is 5.91 Å². The van der Waals surface area contributed by atoms with Crippen LogP contribution in [0.15, 0.2) is 54.6 Å². The quantitative estimate of drug-likeness (QED) is 0.810. The molecule has 0 radical (unpaired) electrons. The van der Waals surface area contributed by atoms with E-state index in [2.05, 4.69) is 34.8 Å². The van der Waals surface area contributed by atoms with Crippen molar-refractivity contribution < 1.29 is 4.79 Å². The van der Waals surface area contributed by atoms with Crippen molar-refractivity contribution in [3.8, 4) is 0 Å². The van der Waals surface area contributed by atoms with Crippen LogP contribution in [0.1, 0.15) is 35.3 Å². The second kappa shape index (κ2) is 6.70. The summed E-state index contributed by atoms with van der Waals surface area (Å²) >= 11 is 2.21. The lowest BCUT2D eigenvalue weighted by Crippen LogP contribution is -2.28. The summed E-state index contributed by atoms with van der Waals surface area (Å²) in [7, 11) is 0. The molecule has 3 heteroatoms. The number of carbonyl (C=O) groups excluding carboxylic acids is 1. The van der Waals surface area contributed by atoms with E-state index in [-0.39, 0.29) is 11.9 Å². The van der Waals surface area contributed by atoms with Gasteiger partial charge < -0.3 is 5.32 Å². The average molecular weight is 365 g/mol. The van der Waals surface area contributed by atoms with Crippen molar-refractivity contribution in [2.45, 2.75) is 19.4 Å². The molecule has 0 aliphatic rings. The van der Waals surface area contributed by atoms with E-state index < -0.39 is 0 Å². The number of hydrogen-bond donors (Lipinski definition) is 1. The van der Waals surface area contributed by atoms with E-state index in [0.717, 1.165) is 15.6 Å². The molecule has 2 nitrogen and oxygen atoms in total. The van der Waals surface area contributed by atoms with E-state index in [1.54, 1.807) is 0 Å². The lowest BCUT2D eigenvalue weighted by molar-refractivity contribution is 0.0935. The maximum Gasteiger partial charge on any atom is 0.251 e. The van der Waals surface area contributed by atoms with Crippen LogP contribution in [-0.2, 0) is 0 Å². The normalized spacial score (nSPS) is 11.9. The smallest absolute Gasteiger partial charge is 0.251 e. The maximum absolute atomic E-state index is 12.2. The fourth-order valence-corrected chi connectivity index (χ4v) is 2.52. The molecule has 2 aromatic rings. The van der Waals surface area contributed by atoms with E-state index in [4.69, 9.17) is 0 Å². The first kappa shape index (κ1) is 14.1. The Morgan fingerprint density at radius 3 is 2.53 bits per heavy atom. The van der Waals surface area contributed by atoms with Crippen LogP contribution in [0.5, 0.6) is 0 Å². The standard InChI is InChI=1S/C16H16INO/c1-2-15(12-7-4-3-5-8-12)18-16(19)13-9-6-10-14(17)11-13/h3-11,15H,2H2,1H3,(H,18,19)/t15-/m0/s1. The predicted octanol–water partition coefficient (Wildman–Crippen LogP) is 4.17. The van der Waals surface area contributed by atoms with Crippen molar-refractivity contribution in [1.82, 2.24) is 5.32 Å². The Labute approximate surface area is 127 Å². The predicted molar refractivity (Wildman–Crippen MR) is 86.1 cm³/mol. The second-order valence-corrected chi connectivity index (χ2v) is 5.60. The monoisotopic (exact) mass is 365 g/mol. The van der Waals surface area contributed by atoms with E-state index in [9.17, 15) is 4.79 Å². The summed E-state index contributed by atoms with van der Waals surface area (Å²) < 4.78 is 1.07. The number of amides is 1. The lowest BCUT2D eigenvalue weighted by atomic mass is 10.0. The van der Waals surface area contributed by atoms with Gasteiger partial charge in [0.2, 0.25) is 0 Å². The second-order valence-electron chi connectivity index (χ2n) is 4.36. The zero-order valence-corrected chi connectivity index (χ0v) is 12.9. The van der Waals surface area contributed by atoms with Crippen molar-refractivity contribution in [2.75, 3.05) is 0 Å². The number of carbonyl (C=O) groups is 1. The van der Waals surface area contributed by atoms with Gasteiger partial charge >= 0.3 is 0 Å². The molecule has 0 saturated carbocycles. The van der Waals surface area contributed by atoms with Gasteiger partial charge in [-0.05, 0) is 52.8 Å². The fourth-order valence-electron chi connectivity index (χ4n) is 1.98. The summed E-state index contributed by atoms with van der Waals surface area (Å²) in [6, 6.07) is 17.7. The molecule has 2 rings (SSSR count). The molecule has 0 aliphatic heterocycles. The van der Waals surface area contributed by atoms with Gasteiger partial charge in [-0.2, -0.15) is 0 Å². The van der Waals surface area contributed by atoms with Crippen molar-refractivity contribution in [2.24, 2.45) is 0 Å². The maximum atomic E-state index is 12.2. The Morgan fingerprint density at radius 2 is 1.89 bits per heavy atom. The topological polar surface area (TPSA) is 29.1 Å². The van der Waals surface area contributed by atoms with Crippen molar-refractivity contribution in [1.29, 1.82) is 0 Å². The molecule has 0 fully saturated rings.